The van der Waals surface area contributed by atoms with Gasteiger partial charge in [-0.25, -0.2) is 0 Å². The van der Waals surface area contributed by atoms with Crippen molar-refractivity contribution >= 4 is 5.97 Å². The molecule has 2 aliphatic rings. The first-order chi connectivity index (χ1) is 9.20. The molecule has 2 unspecified atom stereocenters. The van der Waals surface area contributed by atoms with Crippen molar-refractivity contribution in [1.29, 1.82) is 0 Å². The number of esters is 1. The summed E-state index contributed by atoms with van der Waals surface area (Å²) in [5.74, 6) is -0.108. The topological polar surface area (TPSA) is 47.6 Å². The Kier molecular flexibility index (Phi) is 5.22. The molecular formula is C15H27NO3. The van der Waals surface area contributed by atoms with Crippen molar-refractivity contribution in [2.45, 2.75) is 76.0 Å². The Hall–Kier alpha value is -0.610. The summed E-state index contributed by atoms with van der Waals surface area (Å²) in [4.78, 5) is 12.2. The predicted octanol–water partition coefficient (Wildman–Crippen LogP) is 2.41. The number of carbonyl (C=O) groups excluding carboxylic acids is 1. The summed E-state index contributed by atoms with van der Waals surface area (Å²) in [5.41, 5.74) is -0.495. The zero-order chi connectivity index (χ0) is 13.7. The Morgan fingerprint density at radius 1 is 1.37 bits per heavy atom. The average Bonchev–Trinajstić information content (AvgIpc) is 3.22. The highest BCUT2D eigenvalue weighted by Crippen LogP contribution is 2.35. The zero-order valence-corrected chi connectivity index (χ0v) is 12.2. The quantitative estimate of drug-likeness (QED) is 0.569. The van der Waals surface area contributed by atoms with Crippen LogP contribution in [-0.2, 0) is 14.3 Å². The van der Waals surface area contributed by atoms with Gasteiger partial charge in [0, 0.05) is 19.1 Å². The van der Waals surface area contributed by atoms with Gasteiger partial charge in [-0.15, -0.1) is 0 Å². The SMILES string of the molecule is CCCCOC1CCCC(NC2CC2)(C(=O)OC)C1. The standard InChI is InChI=1S/C15H27NO3/c1-3-4-10-19-13-6-5-9-15(11-13,14(17)18-2)16-12-7-8-12/h12-13,16H,3-11H2,1-2H3. The molecule has 2 atom stereocenters. The van der Waals surface area contributed by atoms with Crippen LogP contribution in [0.15, 0.2) is 0 Å². The first kappa shape index (κ1) is 14.8. The van der Waals surface area contributed by atoms with E-state index in [9.17, 15) is 4.79 Å². The highest BCUT2D eigenvalue weighted by atomic mass is 16.5. The van der Waals surface area contributed by atoms with E-state index in [2.05, 4.69) is 12.2 Å². The van der Waals surface area contributed by atoms with Crippen LogP contribution in [0.25, 0.3) is 0 Å². The fourth-order valence-corrected chi connectivity index (χ4v) is 2.95. The van der Waals surface area contributed by atoms with E-state index >= 15 is 0 Å². The average molecular weight is 269 g/mol. The van der Waals surface area contributed by atoms with E-state index in [4.69, 9.17) is 9.47 Å². The van der Waals surface area contributed by atoms with Gasteiger partial charge in [0.1, 0.15) is 5.54 Å². The van der Waals surface area contributed by atoms with E-state index in [1.807, 2.05) is 0 Å². The molecule has 0 aliphatic heterocycles. The van der Waals surface area contributed by atoms with Gasteiger partial charge in [0.15, 0.2) is 0 Å². The van der Waals surface area contributed by atoms with Gasteiger partial charge in [-0.05, 0) is 38.5 Å². The molecule has 4 nitrogen and oxygen atoms in total. The van der Waals surface area contributed by atoms with Crippen LogP contribution < -0.4 is 5.32 Å². The van der Waals surface area contributed by atoms with Crippen LogP contribution in [0, 0.1) is 0 Å². The van der Waals surface area contributed by atoms with Gasteiger partial charge in [0.05, 0.1) is 13.2 Å². The van der Waals surface area contributed by atoms with Gasteiger partial charge in [0.2, 0.25) is 0 Å². The minimum Gasteiger partial charge on any atom is -0.468 e. The Morgan fingerprint density at radius 2 is 2.16 bits per heavy atom. The normalized spacial score (nSPS) is 31.2. The second-order valence-corrected chi connectivity index (χ2v) is 5.94. The molecular weight excluding hydrogens is 242 g/mol. The number of unbranched alkanes of at least 4 members (excludes halogenated alkanes) is 1. The maximum absolute atomic E-state index is 12.2. The minimum atomic E-state index is -0.495. The molecule has 2 saturated carbocycles. The molecule has 0 aromatic heterocycles. The summed E-state index contributed by atoms with van der Waals surface area (Å²) in [7, 11) is 1.49. The lowest BCUT2D eigenvalue weighted by atomic mass is 9.79. The van der Waals surface area contributed by atoms with Crippen LogP contribution >= 0.6 is 0 Å². The maximum atomic E-state index is 12.2. The lowest BCUT2D eigenvalue weighted by Gasteiger charge is -2.39. The lowest BCUT2D eigenvalue weighted by molar-refractivity contribution is -0.153. The second-order valence-electron chi connectivity index (χ2n) is 5.94. The van der Waals surface area contributed by atoms with Crippen molar-refractivity contribution in [2.24, 2.45) is 0 Å². The molecule has 0 aromatic rings. The van der Waals surface area contributed by atoms with E-state index in [0.29, 0.717) is 6.04 Å². The molecule has 1 N–H and O–H groups in total. The van der Waals surface area contributed by atoms with E-state index in [1.165, 1.54) is 20.0 Å². The van der Waals surface area contributed by atoms with Crippen LogP contribution in [0.4, 0.5) is 0 Å². The Bertz CT molecular complexity index is 304. The van der Waals surface area contributed by atoms with Gasteiger partial charge < -0.3 is 9.47 Å². The van der Waals surface area contributed by atoms with Gasteiger partial charge in [-0.2, -0.15) is 0 Å². The smallest absolute Gasteiger partial charge is 0.326 e. The van der Waals surface area contributed by atoms with E-state index < -0.39 is 5.54 Å². The number of hydrogen-bond acceptors (Lipinski definition) is 4. The zero-order valence-electron chi connectivity index (χ0n) is 12.2. The van der Waals surface area contributed by atoms with E-state index in [1.54, 1.807) is 0 Å². The van der Waals surface area contributed by atoms with Gasteiger partial charge in [-0.3, -0.25) is 10.1 Å². The first-order valence-corrected chi connectivity index (χ1v) is 7.68. The van der Waals surface area contributed by atoms with Crippen molar-refractivity contribution in [3.8, 4) is 0 Å². The number of nitrogens with one attached hydrogen (secondary N) is 1. The molecule has 0 amide bonds. The van der Waals surface area contributed by atoms with Crippen molar-refractivity contribution in [3.63, 3.8) is 0 Å². The van der Waals surface area contributed by atoms with Crippen molar-refractivity contribution in [2.75, 3.05) is 13.7 Å². The molecule has 2 fully saturated rings. The van der Waals surface area contributed by atoms with Crippen LogP contribution in [0.5, 0.6) is 0 Å². The fraction of sp³-hybridized carbons (Fsp3) is 0.933. The molecule has 0 spiro atoms. The summed E-state index contributed by atoms with van der Waals surface area (Å²) in [6, 6.07) is 0.508. The molecule has 4 heteroatoms. The Labute approximate surface area is 116 Å². The third-order valence-corrected chi connectivity index (χ3v) is 4.19. The van der Waals surface area contributed by atoms with Crippen LogP contribution in [0.1, 0.15) is 58.3 Å². The van der Waals surface area contributed by atoms with Crippen LogP contribution in [0.3, 0.4) is 0 Å². The molecule has 0 radical (unpaired) electrons. The minimum absolute atomic E-state index is 0.108. The fourth-order valence-electron chi connectivity index (χ4n) is 2.95. The number of carbonyl (C=O) groups is 1. The number of rotatable bonds is 7. The summed E-state index contributed by atoms with van der Waals surface area (Å²) in [6.45, 7) is 2.97. The van der Waals surface area contributed by atoms with Crippen LogP contribution in [-0.4, -0.2) is 37.4 Å². The molecule has 0 saturated heterocycles. The molecule has 110 valence electrons. The molecule has 2 aliphatic carbocycles. The summed E-state index contributed by atoms with van der Waals surface area (Å²) >= 11 is 0. The lowest BCUT2D eigenvalue weighted by Crippen LogP contribution is -2.57. The summed E-state index contributed by atoms with van der Waals surface area (Å²) in [5, 5.41) is 3.52. The third-order valence-electron chi connectivity index (χ3n) is 4.19. The first-order valence-electron chi connectivity index (χ1n) is 7.68. The summed E-state index contributed by atoms with van der Waals surface area (Å²) < 4.78 is 11.0. The maximum Gasteiger partial charge on any atom is 0.326 e. The monoisotopic (exact) mass is 269 g/mol. The molecule has 0 bridgehead atoms. The Balaban J connectivity index is 1.94. The molecule has 0 heterocycles. The molecule has 0 aromatic carbocycles. The number of hydrogen-bond donors (Lipinski definition) is 1. The third kappa shape index (κ3) is 3.93. The highest BCUT2D eigenvalue weighted by molar-refractivity contribution is 5.81. The predicted molar refractivity (Wildman–Crippen MR) is 74.0 cm³/mol. The van der Waals surface area contributed by atoms with Gasteiger partial charge >= 0.3 is 5.97 Å². The largest absolute Gasteiger partial charge is 0.468 e. The van der Waals surface area contributed by atoms with Crippen LogP contribution in [0.2, 0.25) is 0 Å². The van der Waals surface area contributed by atoms with Gasteiger partial charge in [0.25, 0.3) is 0 Å². The molecule has 2 rings (SSSR count). The van der Waals surface area contributed by atoms with Gasteiger partial charge in [-0.1, -0.05) is 13.3 Å². The van der Waals surface area contributed by atoms with E-state index in [-0.39, 0.29) is 12.1 Å². The number of ether oxygens (including phenoxy) is 2. The Morgan fingerprint density at radius 3 is 2.79 bits per heavy atom. The molecule has 19 heavy (non-hydrogen) atoms. The van der Waals surface area contributed by atoms with Crippen molar-refractivity contribution < 1.29 is 14.3 Å². The highest BCUT2D eigenvalue weighted by Gasteiger charge is 2.46. The number of methoxy groups -OCH3 is 1. The van der Waals surface area contributed by atoms with Crippen molar-refractivity contribution in [3.05, 3.63) is 0 Å². The second kappa shape index (κ2) is 6.71. The van der Waals surface area contributed by atoms with Crippen molar-refractivity contribution in [1.82, 2.24) is 5.32 Å². The summed E-state index contributed by atoms with van der Waals surface area (Å²) in [6.07, 6.45) is 8.54. The van der Waals surface area contributed by atoms with E-state index in [0.717, 1.165) is 45.1 Å².